The van der Waals surface area contributed by atoms with Crippen LogP contribution in [0, 0.1) is 0 Å². The topological polar surface area (TPSA) is 77.9 Å². The number of aromatic carboxylic acids is 1. The van der Waals surface area contributed by atoms with Crippen molar-refractivity contribution in [2.75, 3.05) is 31.1 Å². The maximum absolute atomic E-state index is 13.1. The Bertz CT molecular complexity index is 705. The predicted molar refractivity (Wildman–Crippen MR) is 92.1 cm³/mol. The van der Waals surface area contributed by atoms with Gasteiger partial charge in [-0.1, -0.05) is 6.42 Å². The Hall–Kier alpha value is -1.60. The molecule has 0 spiro atoms. The molecule has 1 N–H and O–H groups in total. The number of piperidine rings is 2. The third kappa shape index (κ3) is 3.42. The smallest absolute Gasteiger partial charge is 0.335 e. The molecule has 2 fully saturated rings. The van der Waals surface area contributed by atoms with Gasteiger partial charge in [0.25, 0.3) is 0 Å². The van der Waals surface area contributed by atoms with E-state index in [0.717, 1.165) is 51.6 Å². The quantitative estimate of drug-likeness (QED) is 0.901. The SMILES string of the molecule is O=C(O)c1ccc(N2CCCCC2)c(S(=O)(=O)N2CCCCC2)c1. The standard InChI is InChI=1S/C17H24N2O4S/c20-17(21)14-7-8-15(18-9-3-1-4-10-18)16(13-14)24(22,23)19-11-5-2-6-12-19/h7-8,13H,1-6,9-12H2,(H,20,21). The lowest BCUT2D eigenvalue weighted by Gasteiger charge is -2.32. The lowest BCUT2D eigenvalue weighted by molar-refractivity contribution is 0.0696. The number of benzene rings is 1. The lowest BCUT2D eigenvalue weighted by atomic mass is 10.1. The highest BCUT2D eigenvalue weighted by molar-refractivity contribution is 7.89. The zero-order chi connectivity index (χ0) is 17.2. The van der Waals surface area contributed by atoms with Crippen molar-refractivity contribution in [2.24, 2.45) is 0 Å². The molecule has 0 amide bonds. The molecule has 1 aromatic carbocycles. The molecule has 0 atom stereocenters. The summed E-state index contributed by atoms with van der Waals surface area (Å²) in [6.45, 7) is 2.65. The average molecular weight is 352 g/mol. The first-order valence-corrected chi connectivity index (χ1v) is 10.1. The molecule has 0 radical (unpaired) electrons. The molecule has 2 aliphatic rings. The molecule has 132 valence electrons. The van der Waals surface area contributed by atoms with E-state index in [1.165, 1.54) is 16.4 Å². The number of carboxylic acid groups (broad SMARTS) is 1. The summed E-state index contributed by atoms with van der Waals surface area (Å²) >= 11 is 0. The first-order valence-electron chi connectivity index (χ1n) is 8.62. The maximum Gasteiger partial charge on any atom is 0.335 e. The normalized spacial score (nSPS) is 20.1. The summed E-state index contributed by atoms with van der Waals surface area (Å²) in [4.78, 5) is 13.5. The number of anilines is 1. The van der Waals surface area contributed by atoms with E-state index in [1.807, 2.05) is 0 Å². The highest BCUT2D eigenvalue weighted by Gasteiger charge is 2.31. The number of rotatable bonds is 4. The van der Waals surface area contributed by atoms with Crippen LogP contribution >= 0.6 is 0 Å². The van der Waals surface area contributed by atoms with Crippen molar-refractivity contribution >= 4 is 21.7 Å². The summed E-state index contributed by atoms with van der Waals surface area (Å²) in [5, 5.41) is 9.26. The highest BCUT2D eigenvalue weighted by atomic mass is 32.2. The van der Waals surface area contributed by atoms with Crippen LogP contribution in [-0.2, 0) is 10.0 Å². The van der Waals surface area contributed by atoms with Crippen molar-refractivity contribution < 1.29 is 18.3 Å². The van der Waals surface area contributed by atoms with E-state index in [9.17, 15) is 18.3 Å². The molecule has 0 aromatic heterocycles. The number of carboxylic acids is 1. The van der Waals surface area contributed by atoms with Gasteiger partial charge in [0.05, 0.1) is 11.3 Å². The number of sulfonamides is 1. The molecular formula is C17H24N2O4S. The second-order valence-electron chi connectivity index (χ2n) is 6.50. The van der Waals surface area contributed by atoms with Gasteiger partial charge < -0.3 is 10.0 Å². The Morgan fingerprint density at radius 3 is 2.08 bits per heavy atom. The Morgan fingerprint density at radius 1 is 0.917 bits per heavy atom. The molecule has 3 rings (SSSR count). The van der Waals surface area contributed by atoms with Crippen molar-refractivity contribution in [2.45, 2.75) is 43.4 Å². The van der Waals surface area contributed by atoms with Crippen LogP contribution in [0.15, 0.2) is 23.1 Å². The van der Waals surface area contributed by atoms with Gasteiger partial charge >= 0.3 is 5.97 Å². The molecule has 0 bridgehead atoms. The number of carbonyl (C=O) groups is 1. The third-order valence-electron chi connectivity index (χ3n) is 4.84. The van der Waals surface area contributed by atoms with E-state index in [2.05, 4.69) is 4.90 Å². The van der Waals surface area contributed by atoms with Crippen LogP contribution in [0.2, 0.25) is 0 Å². The van der Waals surface area contributed by atoms with Gasteiger partial charge in [-0.2, -0.15) is 4.31 Å². The summed E-state index contributed by atoms with van der Waals surface area (Å²) in [5.74, 6) is -1.10. The number of hydrogen-bond donors (Lipinski definition) is 1. The fraction of sp³-hybridized carbons (Fsp3) is 0.588. The van der Waals surface area contributed by atoms with E-state index in [0.29, 0.717) is 18.8 Å². The molecule has 7 heteroatoms. The first-order chi connectivity index (χ1) is 11.5. The van der Waals surface area contributed by atoms with Crippen LogP contribution in [0.25, 0.3) is 0 Å². The van der Waals surface area contributed by atoms with E-state index < -0.39 is 16.0 Å². The van der Waals surface area contributed by atoms with Crippen LogP contribution in [0.1, 0.15) is 48.9 Å². The molecule has 0 unspecified atom stereocenters. The zero-order valence-electron chi connectivity index (χ0n) is 13.8. The first kappa shape index (κ1) is 17.2. The van der Waals surface area contributed by atoms with Crippen LogP contribution in [0.3, 0.4) is 0 Å². The molecular weight excluding hydrogens is 328 g/mol. The maximum atomic E-state index is 13.1. The van der Waals surface area contributed by atoms with Gasteiger partial charge in [0.2, 0.25) is 10.0 Å². The second kappa shape index (κ2) is 7.11. The summed E-state index contributed by atoms with van der Waals surface area (Å²) in [6.07, 6.45) is 5.97. The van der Waals surface area contributed by atoms with Crippen molar-refractivity contribution in [3.63, 3.8) is 0 Å². The van der Waals surface area contributed by atoms with Crippen LogP contribution < -0.4 is 4.90 Å². The van der Waals surface area contributed by atoms with E-state index in [1.54, 1.807) is 6.07 Å². The number of nitrogens with zero attached hydrogens (tertiary/aromatic N) is 2. The second-order valence-corrected chi connectivity index (χ2v) is 8.41. The van der Waals surface area contributed by atoms with E-state index in [4.69, 9.17) is 0 Å². The van der Waals surface area contributed by atoms with Gasteiger partial charge in [0, 0.05) is 26.2 Å². The van der Waals surface area contributed by atoms with Gasteiger partial charge in [-0.25, -0.2) is 13.2 Å². The monoisotopic (exact) mass is 352 g/mol. The van der Waals surface area contributed by atoms with E-state index >= 15 is 0 Å². The third-order valence-corrected chi connectivity index (χ3v) is 6.76. The number of hydrogen-bond acceptors (Lipinski definition) is 4. The zero-order valence-corrected chi connectivity index (χ0v) is 14.6. The highest BCUT2D eigenvalue weighted by Crippen LogP contribution is 2.32. The summed E-state index contributed by atoms with van der Waals surface area (Å²) in [5.41, 5.74) is 0.664. The molecule has 2 aliphatic heterocycles. The molecule has 0 aliphatic carbocycles. The molecule has 2 saturated heterocycles. The molecule has 0 saturated carbocycles. The minimum absolute atomic E-state index is 0.0198. The molecule has 6 nitrogen and oxygen atoms in total. The van der Waals surface area contributed by atoms with Crippen molar-refractivity contribution in [1.29, 1.82) is 0 Å². The molecule has 24 heavy (non-hydrogen) atoms. The Labute approximate surface area is 143 Å². The largest absolute Gasteiger partial charge is 0.478 e. The summed E-state index contributed by atoms with van der Waals surface area (Å²) in [7, 11) is -3.67. The van der Waals surface area contributed by atoms with Gasteiger partial charge in [-0.05, 0) is 50.3 Å². The minimum Gasteiger partial charge on any atom is -0.478 e. The van der Waals surface area contributed by atoms with Crippen molar-refractivity contribution in [1.82, 2.24) is 4.31 Å². The fourth-order valence-corrected chi connectivity index (χ4v) is 5.25. The van der Waals surface area contributed by atoms with Gasteiger partial charge in [0.15, 0.2) is 0 Å². The average Bonchev–Trinajstić information content (AvgIpc) is 2.62. The van der Waals surface area contributed by atoms with Crippen molar-refractivity contribution in [3.8, 4) is 0 Å². The summed E-state index contributed by atoms with van der Waals surface area (Å²) in [6, 6.07) is 4.49. The van der Waals surface area contributed by atoms with Gasteiger partial charge in [-0.15, -0.1) is 0 Å². The molecule has 2 heterocycles. The predicted octanol–water partition coefficient (Wildman–Crippen LogP) is 2.55. The Morgan fingerprint density at radius 2 is 1.50 bits per heavy atom. The molecule has 1 aromatic rings. The minimum atomic E-state index is -3.67. The van der Waals surface area contributed by atoms with Crippen molar-refractivity contribution in [3.05, 3.63) is 23.8 Å². The Kier molecular flexibility index (Phi) is 5.10. The van der Waals surface area contributed by atoms with Gasteiger partial charge in [-0.3, -0.25) is 0 Å². The lowest BCUT2D eigenvalue weighted by Crippen LogP contribution is -2.37. The van der Waals surface area contributed by atoms with Crippen LogP contribution in [0.4, 0.5) is 5.69 Å². The van der Waals surface area contributed by atoms with Crippen LogP contribution in [-0.4, -0.2) is 50.0 Å². The van der Waals surface area contributed by atoms with Crippen LogP contribution in [0.5, 0.6) is 0 Å². The van der Waals surface area contributed by atoms with Gasteiger partial charge in [0.1, 0.15) is 4.90 Å². The van der Waals surface area contributed by atoms with E-state index in [-0.39, 0.29) is 10.5 Å². The fourth-order valence-electron chi connectivity index (χ4n) is 3.49. The summed E-state index contributed by atoms with van der Waals surface area (Å²) < 4.78 is 27.8. The Balaban J connectivity index is 2.04.